The Morgan fingerprint density at radius 3 is 2.62 bits per heavy atom. The van der Waals surface area contributed by atoms with E-state index in [1.165, 1.54) is 6.92 Å². The lowest BCUT2D eigenvalue weighted by Crippen LogP contribution is -2.28. The van der Waals surface area contributed by atoms with Crippen molar-refractivity contribution in [2.45, 2.75) is 33.2 Å². The lowest BCUT2D eigenvalue weighted by molar-refractivity contribution is -0.144. The highest BCUT2D eigenvalue weighted by Gasteiger charge is 2.16. The van der Waals surface area contributed by atoms with Crippen LogP contribution in [0, 0.1) is 0 Å². The number of carbonyl (C=O) groups is 2. The first-order valence-electron chi connectivity index (χ1n) is 6.86. The predicted octanol–water partition coefficient (Wildman–Crippen LogP) is 2.41. The summed E-state index contributed by atoms with van der Waals surface area (Å²) in [6, 6.07) is 4.64. The van der Waals surface area contributed by atoms with Crippen LogP contribution in [0.4, 0.5) is 11.4 Å². The summed E-state index contributed by atoms with van der Waals surface area (Å²) in [6.07, 6.45) is 0.778. The van der Waals surface area contributed by atoms with Gasteiger partial charge >= 0.3 is 5.97 Å². The van der Waals surface area contributed by atoms with Crippen LogP contribution in [0.15, 0.2) is 18.2 Å². The normalized spacial score (nSPS) is 11.4. The molecule has 1 aromatic carbocycles. The number of hydrogen-bond donors (Lipinski definition) is 2. The zero-order valence-corrected chi connectivity index (χ0v) is 12.9. The van der Waals surface area contributed by atoms with Gasteiger partial charge in [0.05, 0.1) is 19.4 Å². The van der Waals surface area contributed by atoms with Gasteiger partial charge in [-0.05, 0) is 31.5 Å². The van der Waals surface area contributed by atoms with Crippen molar-refractivity contribution in [3.05, 3.63) is 18.2 Å². The molecule has 6 nitrogen and oxygen atoms in total. The van der Waals surface area contributed by atoms with Crippen LogP contribution < -0.4 is 15.4 Å². The maximum atomic E-state index is 11.8. The Bertz CT molecular complexity index is 502. The molecule has 1 amide bonds. The van der Waals surface area contributed by atoms with Crippen molar-refractivity contribution in [2.75, 3.05) is 24.4 Å². The van der Waals surface area contributed by atoms with Gasteiger partial charge in [0.2, 0.25) is 5.91 Å². The molecule has 0 bridgehead atoms. The highest BCUT2D eigenvalue weighted by atomic mass is 16.5. The first-order valence-corrected chi connectivity index (χ1v) is 6.86. The largest absolute Gasteiger partial charge is 0.495 e. The molecule has 1 atom stereocenters. The lowest BCUT2D eigenvalue weighted by Gasteiger charge is -2.17. The summed E-state index contributed by atoms with van der Waals surface area (Å²) in [4.78, 5) is 22.9. The highest BCUT2D eigenvalue weighted by Crippen LogP contribution is 2.28. The van der Waals surface area contributed by atoms with E-state index in [0.29, 0.717) is 23.7 Å². The summed E-state index contributed by atoms with van der Waals surface area (Å²) in [5.41, 5.74) is 1.24. The summed E-state index contributed by atoms with van der Waals surface area (Å²) < 4.78 is 10.3. The quantitative estimate of drug-likeness (QED) is 0.755. The number of rotatable bonds is 7. The van der Waals surface area contributed by atoms with E-state index < -0.39 is 6.04 Å². The van der Waals surface area contributed by atoms with Crippen LogP contribution in [0.3, 0.4) is 0 Å². The molecule has 0 saturated carbocycles. The van der Waals surface area contributed by atoms with Crippen LogP contribution in [0.25, 0.3) is 0 Å². The fourth-order valence-electron chi connectivity index (χ4n) is 1.72. The Hall–Kier alpha value is -2.24. The molecular formula is C15H22N2O4. The van der Waals surface area contributed by atoms with Crippen molar-refractivity contribution < 1.29 is 19.1 Å². The molecule has 2 N–H and O–H groups in total. The first-order chi connectivity index (χ1) is 9.97. The molecule has 6 heteroatoms. The van der Waals surface area contributed by atoms with E-state index >= 15 is 0 Å². The van der Waals surface area contributed by atoms with Crippen molar-refractivity contribution in [3.63, 3.8) is 0 Å². The van der Waals surface area contributed by atoms with Crippen LogP contribution in [0.2, 0.25) is 0 Å². The number of ether oxygens (including phenoxy) is 2. The number of methoxy groups -OCH3 is 1. The summed E-state index contributed by atoms with van der Waals surface area (Å²) in [5.74, 6) is 0.0876. The Labute approximate surface area is 124 Å². The van der Waals surface area contributed by atoms with Gasteiger partial charge in [-0.15, -0.1) is 0 Å². The molecule has 0 radical (unpaired) electrons. The van der Waals surface area contributed by atoms with E-state index in [1.807, 2.05) is 6.92 Å². The van der Waals surface area contributed by atoms with Gasteiger partial charge in [0.15, 0.2) is 0 Å². The number of esters is 1. The molecule has 0 spiro atoms. The van der Waals surface area contributed by atoms with E-state index in [2.05, 4.69) is 10.6 Å². The fraction of sp³-hybridized carbons (Fsp3) is 0.467. The minimum absolute atomic E-state index is 0.165. The van der Waals surface area contributed by atoms with Crippen LogP contribution in [-0.2, 0) is 14.3 Å². The minimum atomic E-state index is -0.516. The Morgan fingerprint density at radius 1 is 1.33 bits per heavy atom. The molecule has 0 aliphatic rings. The van der Waals surface area contributed by atoms with Crippen LogP contribution in [0.5, 0.6) is 5.75 Å². The molecular weight excluding hydrogens is 272 g/mol. The van der Waals surface area contributed by atoms with Gasteiger partial charge < -0.3 is 20.1 Å². The fourth-order valence-corrected chi connectivity index (χ4v) is 1.72. The van der Waals surface area contributed by atoms with Gasteiger partial charge in [0, 0.05) is 12.6 Å². The molecule has 1 rings (SSSR count). The molecule has 0 saturated heterocycles. The first kappa shape index (κ1) is 16.8. The summed E-state index contributed by atoms with van der Waals surface area (Å²) in [7, 11) is 1.54. The number of carbonyl (C=O) groups excluding carboxylic acids is 2. The standard InChI is InChI=1S/C15H22N2O4/c1-5-8-21-15(19)10(2)16-13-9-12(17-11(3)18)6-7-14(13)20-4/h6-7,9-10,16H,5,8H2,1-4H3,(H,17,18). The summed E-state index contributed by atoms with van der Waals surface area (Å²) in [5, 5.41) is 5.72. The van der Waals surface area contributed by atoms with Crippen molar-refractivity contribution in [3.8, 4) is 5.75 Å². The molecule has 0 heterocycles. The van der Waals surface area contributed by atoms with E-state index in [0.717, 1.165) is 6.42 Å². The second-order valence-corrected chi connectivity index (χ2v) is 4.63. The summed E-state index contributed by atoms with van der Waals surface area (Å²) >= 11 is 0. The van der Waals surface area contributed by atoms with Crippen LogP contribution in [-0.4, -0.2) is 31.6 Å². The second-order valence-electron chi connectivity index (χ2n) is 4.63. The number of benzene rings is 1. The van der Waals surface area contributed by atoms with Crippen molar-refractivity contribution in [2.24, 2.45) is 0 Å². The predicted molar refractivity (Wildman–Crippen MR) is 81.6 cm³/mol. The smallest absolute Gasteiger partial charge is 0.328 e. The van der Waals surface area contributed by atoms with E-state index in [-0.39, 0.29) is 11.9 Å². The highest BCUT2D eigenvalue weighted by molar-refractivity contribution is 5.90. The molecule has 0 aliphatic carbocycles. The van der Waals surface area contributed by atoms with Crippen molar-refractivity contribution in [1.29, 1.82) is 0 Å². The molecule has 0 aliphatic heterocycles. The molecule has 0 aromatic heterocycles. The monoisotopic (exact) mass is 294 g/mol. The molecule has 0 fully saturated rings. The third-order valence-electron chi connectivity index (χ3n) is 2.69. The summed E-state index contributed by atoms with van der Waals surface area (Å²) in [6.45, 7) is 5.48. The maximum absolute atomic E-state index is 11.8. The van der Waals surface area contributed by atoms with Gasteiger partial charge in [-0.3, -0.25) is 4.79 Å². The lowest BCUT2D eigenvalue weighted by atomic mass is 10.2. The minimum Gasteiger partial charge on any atom is -0.495 e. The average Bonchev–Trinajstić information content (AvgIpc) is 2.44. The van der Waals surface area contributed by atoms with Crippen molar-refractivity contribution in [1.82, 2.24) is 0 Å². The topological polar surface area (TPSA) is 76.7 Å². The number of amides is 1. The zero-order chi connectivity index (χ0) is 15.8. The number of anilines is 2. The van der Waals surface area contributed by atoms with Gasteiger partial charge in [-0.2, -0.15) is 0 Å². The Balaban J connectivity index is 2.83. The molecule has 21 heavy (non-hydrogen) atoms. The number of hydrogen-bond acceptors (Lipinski definition) is 5. The maximum Gasteiger partial charge on any atom is 0.328 e. The second kappa shape index (κ2) is 8.14. The van der Waals surface area contributed by atoms with Crippen molar-refractivity contribution >= 4 is 23.3 Å². The van der Waals surface area contributed by atoms with Gasteiger partial charge in [-0.1, -0.05) is 6.92 Å². The molecule has 116 valence electrons. The van der Waals surface area contributed by atoms with E-state index in [4.69, 9.17) is 9.47 Å². The molecule has 1 unspecified atom stereocenters. The van der Waals surface area contributed by atoms with E-state index in [9.17, 15) is 9.59 Å². The average molecular weight is 294 g/mol. The SMILES string of the molecule is CCCOC(=O)C(C)Nc1cc(NC(C)=O)ccc1OC. The third kappa shape index (κ3) is 5.33. The Morgan fingerprint density at radius 2 is 2.05 bits per heavy atom. The van der Waals surface area contributed by atoms with Crippen LogP contribution >= 0.6 is 0 Å². The van der Waals surface area contributed by atoms with Crippen LogP contribution in [0.1, 0.15) is 27.2 Å². The molecule has 1 aromatic rings. The zero-order valence-electron chi connectivity index (χ0n) is 12.9. The van der Waals surface area contributed by atoms with Gasteiger partial charge in [-0.25, -0.2) is 4.79 Å². The Kier molecular flexibility index (Phi) is 6.52. The van der Waals surface area contributed by atoms with Gasteiger partial charge in [0.25, 0.3) is 0 Å². The third-order valence-corrected chi connectivity index (χ3v) is 2.69. The number of nitrogens with one attached hydrogen (secondary N) is 2. The van der Waals surface area contributed by atoms with Gasteiger partial charge in [0.1, 0.15) is 11.8 Å². The van der Waals surface area contributed by atoms with E-state index in [1.54, 1.807) is 32.2 Å².